The van der Waals surface area contributed by atoms with E-state index in [9.17, 15) is 18.8 Å². The van der Waals surface area contributed by atoms with Gasteiger partial charge in [0.15, 0.2) is 0 Å². The highest BCUT2D eigenvalue weighted by Gasteiger charge is 2.37. The van der Waals surface area contributed by atoms with E-state index < -0.39 is 23.5 Å². The molecule has 0 fully saturated rings. The van der Waals surface area contributed by atoms with Crippen molar-refractivity contribution in [2.24, 2.45) is 0 Å². The highest BCUT2D eigenvalue weighted by molar-refractivity contribution is 6.21. The van der Waals surface area contributed by atoms with E-state index in [1.807, 2.05) is 45.9 Å². The summed E-state index contributed by atoms with van der Waals surface area (Å²) in [5.41, 5.74) is 3.71. The molecule has 1 aliphatic rings. The maximum absolute atomic E-state index is 14.1. The lowest BCUT2D eigenvalue weighted by Gasteiger charge is -2.17. The van der Waals surface area contributed by atoms with E-state index in [-0.39, 0.29) is 23.2 Å². The lowest BCUT2D eigenvalue weighted by Crippen LogP contribution is -2.29. The van der Waals surface area contributed by atoms with Crippen molar-refractivity contribution in [3.05, 3.63) is 88.3 Å². The Labute approximate surface area is 187 Å². The van der Waals surface area contributed by atoms with E-state index in [4.69, 9.17) is 5.21 Å². The summed E-state index contributed by atoms with van der Waals surface area (Å²) in [5, 5.41) is 9.07. The lowest BCUT2D eigenvalue weighted by molar-refractivity contribution is 0.0639. The summed E-state index contributed by atoms with van der Waals surface area (Å²) < 4.78 is 14.1. The SMILES string of the molecule is C/C=C\C=C(/CC)c1cc(CN2C(=O)c3cccc(F)c3C2=O)ccc1C(=O)NO.CC. The molecule has 32 heavy (non-hydrogen) atoms. The van der Waals surface area contributed by atoms with Crippen molar-refractivity contribution in [2.75, 3.05) is 0 Å². The van der Waals surface area contributed by atoms with Crippen LogP contribution in [0, 0.1) is 5.82 Å². The Bertz CT molecular complexity index is 1090. The fourth-order valence-corrected chi connectivity index (χ4v) is 3.44. The van der Waals surface area contributed by atoms with Gasteiger partial charge in [-0.2, -0.15) is 0 Å². The normalized spacial score (nSPS) is 13.2. The molecule has 3 rings (SSSR count). The molecule has 6 nitrogen and oxygen atoms in total. The van der Waals surface area contributed by atoms with Gasteiger partial charge in [-0.15, -0.1) is 0 Å². The first-order chi connectivity index (χ1) is 15.4. The van der Waals surface area contributed by atoms with Gasteiger partial charge in [0.2, 0.25) is 0 Å². The summed E-state index contributed by atoms with van der Waals surface area (Å²) in [7, 11) is 0. The fraction of sp³-hybridized carbons (Fsp3) is 0.240. The van der Waals surface area contributed by atoms with Crippen LogP contribution in [0.4, 0.5) is 4.39 Å². The molecule has 1 aliphatic heterocycles. The number of halogens is 1. The van der Waals surface area contributed by atoms with Gasteiger partial charge < -0.3 is 0 Å². The monoisotopic (exact) mass is 438 g/mol. The maximum Gasteiger partial charge on any atom is 0.275 e. The number of hydroxylamine groups is 1. The molecule has 168 valence electrons. The summed E-state index contributed by atoms with van der Waals surface area (Å²) in [6, 6.07) is 8.78. The largest absolute Gasteiger partial charge is 0.288 e. The molecule has 0 aromatic heterocycles. The minimum Gasteiger partial charge on any atom is -0.288 e. The van der Waals surface area contributed by atoms with Crippen molar-refractivity contribution in [1.82, 2.24) is 10.4 Å². The van der Waals surface area contributed by atoms with Crippen molar-refractivity contribution >= 4 is 23.3 Å². The number of fused-ring (bicyclic) bond motifs is 1. The van der Waals surface area contributed by atoms with Crippen LogP contribution in [0.25, 0.3) is 5.57 Å². The van der Waals surface area contributed by atoms with Gasteiger partial charge in [0.05, 0.1) is 17.7 Å². The second-order valence-corrected chi connectivity index (χ2v) is 6.75. The van der Waals surface area contributed by atoms with E-state index in [1.165, 1.54) is 18.2 Å². The van der Waals surface area contributed by atoms with E-state index in [1.54, 1.807) is 17.6 Å². The summed E-state index contributed by atoms with van der Waals surface area (Å²) >= 11 is 0. The number of allylic oxidation sites excluding steroid dienone is 4. The fourth-order valence-electron chi connectivity index (χ4n) is 3.44. The average molecular weight is 438 g/mol. The average Bonchev–Trinajstić information content (AvgIpc) is 3.06. The molecule has 0 bridgehead atoms. The Morgan fingerprint density at radius 2 is 1.84 bits per heavy atom. The zero-order chi connectivity index (χ0) is 23.8. The Balaban J connectivity index is 0.00000176. The maximum atomic E-state index is 14.1. The summed E-state index contributed by atoms with van der Waals surface area (Å²) in [6.45, 7) is 7.72. The number of nitrogens with one attached hydrogen (secondary N) is 1. The van der Waals surface area contributed by atoms with Gasteiger partial charge in [0, 0.05) is 5.56 Å². The summed E-state index contributed by atoms with van der Waals surface area (Å²) in [6.07, 6.45) is 6.14. The predicted molar refractivity (Wildman–Crippen MR) is 121 cm³/mol. The Hall–Kier alpha value is -3.58. The van der Waals surface area contributed by atoms with Gasteiger partial charge in [-0.25, -0.2) is 9.87 Å². The Morgan fingerprint density at radius 3 is 2.44 bits per heavy atom. The molecule has 1 heterocycles. The number of hydrogen-bond donors (Lipinski definition) is 2. The molecule has 0 unspecified atom stereocenters. The minimum atomic E-state index is -0.730. The van der Waals surface area contributed by atoms with Crippen LogP contribution in [0.5, 0.6) is 0 Å². The highest BCUT2D eigenvalue weighted by Crippen LogP contribution is 2.29. The van der Waals surface area contributed by atoms with Gasteiger partial charge in [-0.05, 0) is 54.3 Å². The van der Waals surface area contributed by atoms with Crippen LogP contribution in [0.15, 0.2) is 54.6 Å². The lowest BCUT2D eigenvalue weighted by atomic mass is 9.94. The second-order valence-electron chi connectivity index (χ2n) is 6.75. The molecule has 0 atom stereocenters. The second kappa shape index (κ2) is 11.2. The molecule has 2 aromatic carbocycles. The van der Waals surface area contributed by atoms with Crippen molar-refractivity contribution in [1.29, 1.82) is 0 Å². The molecule has 2 N–H and O–H groups in total. The molecular formula is C25H27FN2O4. The molecule has 7 heteroatoms. The molecule has 0 spiro atoms. The minimum absolute atomic E-state index is 0.0405. The summed E-state index contributed by atoms with van der Waals surface area (Å²) in [5.74, 6) is -2.65. The van der Waals surface area contributed by atoms with Crippen molar-refractivity contribution in [3.63, 3.8) is 0 Å². The van der Waals surface area contributed by atoms with Gasteiger partial charge in [0.1, 0.15) is 5.82 Å². The van der Waals surface area contributed by atoms with Gasteiger partial charge in [-0.3, -0.25) is 24.5 Å². The number of imide groups is 1. The van der Waals surface area contributed by atoms with Gasteiger partial charge >= 0.3 is 0 Å². The van der Waals surface area contributed by atoms with E-state index in [0.717, 1.165) is 16.5 Å². The molecule has 0 saturated heterocycles. The van der Waals surface area contributed by atoms with Gasteiger partial charge in [0.25, 0.3) is 17.7 Å². The summed E-state index contributed by atoms with van der Waals surface area (Å²) in [4.78, 5) is 38.3. The number of nitrogens with zero attached hydrogens (tertiary/aromatic N) is 1. The predicted octanol–water partition coefficient (Wildman–Crippen LogP) is 5.14. The Kier molecular flexibility index (Phi) is 8.61. The first kappa shape index (κ1) is 24.7. The van der Waals surface area contributed by atoms with Crippen LogP contribution in [-0.2, 0) is 6.54 Å². The third kappa shape index (κ3) is 4.84. The van der Waals surface area contributed by atoms with Crippen molar-refractivity contribution in [2.45, 2.75) is 40.7 Å². The first-order valence-corrected chi connectivity index (χ1v) is 10.5. The number of hydrogen-bond acceptors (Lipinski definition) is 4. The van der Waals surface area contributed by atoms with Crippen LogP contribution in [0.3, 0.4) is 0 Å². The molecule has 0 radical (unpaired) electrons. The number of carbonyl (C=O) groups excluding carboxylic acids is 3. The molecule has 3 amide bonds. The van der Waals surface area contributed by atoms with Crippen LogP contribution >= 0.6 is 0 Å². The number of amides is 3. The van der Waals surface area contributed by atoms with Crippen molar-refractivity contribution < 1.29 is 24.0 Å². The van der Waals surface area contributed by atoms with Crippen molar-refractivity contribution in [3.8, 4) is 0 Å². The zero-order valence-corrected chi connectivity index (χ0v) is 18.6. The van der Waals surface area contributed by atoms with Gasteiger partial charge in [-0.1, -0.05) is 51.1 Å². The van der Waals surface area contributed by atoms with E-state index >= 15 is 0 Å². The number of carbonyl (C=O) groups is 3. The van der Waals surface area contributed by atoms with E-state index in [0.29, 0.717) is 17.5 Å². The third-order valence-electron chi connectivity index (χ3n) is 4.94. The Morgan fingerprint density at radius 1 is 1.12 bits per heavy atom. The molecule has 2 aromatic rings. The molecule has 0 aliphatic carbocycles. The van der Waals surface area contributed by atoms with Crippen LogP contribution < -0.4 is 5.48 Å². The van der Waals surface area contributed by atoms with Crippen LogP contribution in [0.2, 0.25) is 0 Å². The number of rotatable bonds is 6. The van der Waals surface area contributed by atoms with E-state index in [2.05, 4.69) is 0 Å². The standard InChI is InChI=1S/C23H21FN2O4.C2H6/c1-3-5-7-15(4-2)18-12-14(10-11-16(18)21(27)25-30)13-26-22(28)17-8-6-9-19(24)20(17)23(26)29;1-2/h3,5-12,30H,4,13H2,1-2H3,(H,25,27);1-2H3/b5-3-,15-7+;. The zero-order valence-electron chi connectivity index (χ0n) is 18.6. The highest BCUT2D eigenvalue weighted by atomic mass is 19.1. The third-order valence-corrected chi connectivity index (χ3v) is 4.94. The van der Waals surface area contributed by atoms with Crippen LogP contribution in [-0.4, -0.2) is 27.8 Å². The quantitative estimate of drug-likeness (QED) is 0.283. The molecule has 0 saturated carbocycles. The molecular weight excluding hydrogens is 411 g/mol. The number of benzene rings is 2. The van der Waals surface area contributed by atoms with Crippen LogP contribution in [0.1, 0.15) is 76.3 Å². The first-order valence-electron chi connectivity index (χ1n) is 10.5. The topological polar surface area (TPSA) is 86.7 Å². The smallest absolute Gasteiger partial charge is 0.275 e.